The number of hydrogen-bond donors (Lipinski definition) is 1. The molecule has 0 spiro atoms. The molecule has 0 unspecified atom stereocenters. The second kappa shape index (κ2) is 9.85. The van der Waals surface area contributed by atoms with Gasteiger partial charge in [-0.1, -0.05) is 36.8 Å². The molecular formula is C23H30N4O2. The Labute approximate surface area is 172 Å². The van der Waals surface area contributed by atoms with Crippen LogP contribution in [0.5, 0.6) is 0 Å². The number of aromatic nitrogens is 1. The molecule has 6 nitrogen and oxygen atoms in total. The summed E-state index contributed by atoms with van der Waals surface area (Å²) in [6.45, 7) is 6.95. The Morgan fingerprint density at radius 3 is 2.41 bits per heavy atom. The van der Waals surface area contributed by atoms with Crippen LogP contribution in [0.25, 0.3) is 0 Å². The van der Waals surface area contributed by atoms with E-state index in [0.29, 0.717) is 25.5 Å². The van der Waals surface area contributed by atoms with E-state index in [9.17, 15) is 4.79 Å². The Morgan fingerprint density at radius 1 is 0.931 bits per heavy atom. The SMILES string of the molecule is O=C(NCc1ccc(CN2CCCCC2)cc1)c1cccc(N2CCOCC2)n1. The van der Waals surface area contributed by atoms with Gasteiger partial charge in [0.2, 0.25) is 0 Å². The summed E-state index contributed by atoms with van der Waals surface area (Å²) < 4.78 is 5.39. The number of hydrogen-bond acceptors (Lipinski definition) is 5. The summed E-state index contributed by atoms with van der Waals surface area (Å²) in [5.41, 5.74) is 2.89. The minimum absolute atomic E-state index is 0.141. The van der Waals surface area contributed by atoms with Crippen LogP contribution in [0.1, 0.15) is 40.9 Å². The van der Waals surface area contributed by atoms with E-state index in [1.165, 1.54) is 37.9 Å². The number of benzene rings is 1. The molecule has 0 bridgehead atoms. The second-order valence-electron chi connectivity index (χ2n) is 7.82. The third-order valence-corrected chi connectivity index (χ3v) is 5.63. The summed E-state index contributed by atoms with van der Waals surface area (Å²) in [4.78, 5) is 21.8. The van der Waals surface area contributed by atoms with Gasteiger partial charge in [-0.05, 0) is 49.2 Å². The van der Waals surface area contributed by atoms with Gasteiger partial charge in [0.1, 0.15) is 11.5 Å². The third-order valence-electron chi connectivity index (χ3n) is 5.63. The van der Waals surface area contributed by atoms with Crippen LogP contribution >= 0.6 is 0 Å². The van der Waals surface area contributed by atoms with E-state index in [1.54, 1.807) is 6.07 Å². The molecular weight excluding hydrogens is 364 g/mol. The monoisotopic (exact) mass is 394 g/mol. The summed E-state index contributed by atoms with van der Waals surface area (Å²) in [5, 5.41) is 2.99. The van der Waals surface area contributed by atoms with Gasteiger partial charge in [-0.15, -0.1) is 0 Å². The highest BCUT2D eigenvalue weighted by molar-refractivity contribution is 5.92. The number of ether oxygens (including phenoxy) is 1. The van der Waals surface area contributed by atoms with E-state index in [0.717, 1.165) is 31.0 Å². The largest absolute Gasteiger partial charge is 0.378 e. The quantitative estimate of drug-likeness (QED) is 0.817. The van der Waals surface area contributed by atoms with Crippen LogP contribution in [0.3, 0.4) is 0 Å². The molecule has 0 atom stereocenters. The van der Waals surface area contributed by atoms with Crippen molar-refractivity contribution in [3.8, 4) is 0 Å². The molecule has 4 rings (SSSR count). The molecule has 2 aromatic rings. The van der Waals surface area contributed by atoms with Gasteiger partial charge < -0.3 is 15.0 Å². The average molecular weight is 395 g/mol. The van der Waals surface area contributed by atoms with E-state index in [4.69, 9.17) is 4.74 Å². The lowest BCUT2D eigenvalue weighted by molar-refractivity contribution is 0.0946. The maximum absolute atomic E-state index is 12.6. The number of carbonyl (C=O) groups is 1. The fourth-order valence-electron chi connectivity index (χ4n) is 3.93. The summed E-state index contributed by atoms with van der Waals surface area (Å²) >= 11 is 0. The highest BCUT2D eigenvalue weighted by Gasteiger charge is 2.15. The van der Waals surface area contributed by atoms with Crippen LogP contribution in [0.4, 0.5) is 5.82 Å². The minimum atomic E-state index is -0.141. The first-order valence-corrected chi connectivity index (χ1v) is 10.7. The van der Waals surface area contributed by atoms with Crippen LogP contribution in [-0.2, 0) is 17.8 Å². The Morgan fingerprint density at radius 2 is 1.66 bits per heavy atom. The first-order chi connectivity index (χ1) is 14.3. The first kappa shape index (κ1) is 19.9. The van der Waals surface area contributed by atoms with Crippen molar-refractivity contribution in [3.05, 3.63) is 59.3 Å². The second-order valence-corrected chi connectivity index (χ2v) is 7.82. The lowest BCUT2D eigenvalue weighted by Gasteiger charge is -2.27. The van der Waals surface area contributed by atoms with Crippen molar-refractivity contribution in [1.82, 2.24) is 15.2 Å². The highest BCUT2D eigenvalue weighted by Crippen LogP contribution is 2.15. The van der Waals surface area contributed by atoms with Crippen LogP contribution in [0, 0.1) is 0 Å². The van der Waals surface area contributed by atoms with E-state index in [2.05, 4.69) is 44.4 Å². The molecule has 0 radical (unpaired) electrons. The molecule has 6 heteroatoms. The molecule has 2 saturated heterocycles. The van der Waals surface area contributed by atoms with Gasteiger partial charge in [0.25, 0.3) is 5.91 Å². The Balaban J connectivity index is 1.30. The first-order valence-electron chi connectivity index (χ1n) is 10.7. The molecule has 0 saturated carbocycles. The molecule has 3 heterocycles. The fourth-order valence-corrected chi connectivity index (χ4v) is 3.93. The number of amides is 1. The van der Waals surface area contributed by atoms with Crippen molar-refractivity contribution in [2.75, 3.05) is 44.3 Å². The van der Waals surface area contributed by atoms with Gasteiger partial charge >= 0.3 is 0 Å². The van der Waals surface area contributed by atoms with E-state index in [1.807, 2.05) is 12.1 Å². The van der Waals surface area contributed by atoms with Gasteiger partial charge in [0.05, 0.1) is 13.2 Å². The lowest BCUT2D eigenvalue weighted by atomic mass is 10.1. The number of anilines is 1. The zero-order valence-electron chi connectivity index (χ0n) is 17.0. The Kier molecular flexibility index (Phi) is 6.75. The molecule has 0 aliphatic carbocycles. The number of morpholine rings is 1. The van der Waals surface area contributed by atoms with Crippen molar-refractivity contribution in [2.24, 2.45) is 0 Å². The molecule has 2 aliphatic rings. The summed E-state index contributed by atoms with van der Waals surface area (Å²) in [6, 6.07) is 14.2. The topological polar surface area (TPSA) is 57.7 Å². The molecule has 154 valence electrons. The molecule has 1 N–H and O–H groups in total. The van der Waals surface area contributed by atoms with Crippen LogP contribution < -0.4 is 10.2 Å². The third kappa shape index (κ3) is 5.55. The maximum atomic E-state index is 12.6. The molecule has 1 aromatic carbocycles. The van der Waals surface area contributed by atoms with Crippen molar-refractivity contribution >= 4 is 11.7 Å². The number of rotatable bonds is 6. The number of likely N-dealkylation sites (tertiary alicyclic amines) is 1. The van der Waals surface area contributed by atoms with Crippen LogP contribution in [-0.4, -0.2) is 55.2 Å². The van der Waals surface area contributed by atoms with Gasteiger partial charge in [0.15, 0.2) is 0 Å². The van der Waals surface area contributed by atoms with Gasteiger partial charge in [0, 0.05) is 26.2 Å². The van der Waals surface area contributed by atoms with Crippen molar-refractivity contribution in [1.29, 1.82) is 0 Å². The van der Waals surface area contributed by atoms with Gasteiger partial charge in [-0.2, -0.15) is 0 Å². The Bertz CT molecular complexity index is 797. The minimum Gasteiger partial charge on any atom is -0.378 e. The smallest absolute Gasteiger partial charge is 0.270 e. The van der Waals surface area contributed by atoms with E-state index in [-0.39, 0.29) is 5.91 Å². The molecule has 29 heavy (non-hydrogen) atoms. The normalized spacial score (nSPS) is 17.9. The summed E-state index contributed by atoms with van der Waals surface area (Å²) in [5.74, 6) is 0.695. The number of pyridine rings is 1. The number of piperidine rings is 1. The number of carbonyl (C=O) groups excluding carboxylic acids is 1. The van der Waals surface area contributed by atoms with Crippen molar-refractivity contribution in [3.63, 3.8) is 0 Å². The summed E-state index contributed by atoms with van der Waals surface area (Å²) in [7, 11) is 0. The average Bonchev–Trinajstić information content (AvgIpc) is 2.80. The predicted octanol–water partition coefficient (Wildman–Crippen LogP) is 2.83. The van der Waals surface area contributed by atoms with E-state index >= 15 is 0 Å². The lowest BCUT2D eigenvalue weighted by Crippen LogP contribution is -2.37. The van der Waals surface area contributed by atoms with E-state index < -0.39 is 0 Å². The molecule has 1 amide bonds. The number of nitrogens with zero attached hydrogens (tertiary/aromatic N) is 3. The van der Waals surface area contributed by atoms with Gasteiger partial charge in [-0.25, -0.2) is 4.98 Å². The molecule has 1 aromatic heterocycles. The van der Waals surface area contributed by atoms with Gasteiger partial charge in [-0.3, -0.25) is 9.69 Å². The Hall–Kier alpha value is -2.44. The van der Waals surface area contributed by atoms with Crippen molar-refractivity contribution < 1.29 is 9.53 Å². The fraction of sp³-hybridized carbons (Fsp3) is 0.478. The molecule has 2 fully saturated rings. The molecule has 2 aliphatic heterocycles. The maximum Gasteiger partial charge on any atom is 0.270 e. The predicted molar refractivity (Wildman–Crippen MR) is 114 cm³/mol. The zero-order chi connectivity index (χ0) is 19.9. The summed E-state index contributed by atoms with van der Waals surface area (Å²) in [6.07, 6.45) is 3.98. The van der Waals surface area contributed by atoms with Crippen LogP contribution in [0.15, 0.2) is 42.5 Å². The van der Waals surface area contributed by atoms with Crippen molar-refractivity contribution in [2.45, 2.75) is 32.4 Å². The highest BCUT2D eigenvalue weighted by atomic mass is 16.5. The zero-order valence-corrected chi connectivity index (χ0v) is 17.0. The standard InChI is InChI=1S/C23H30N4O2/c28-23(21-5-4-6-22(25-21)27-13-15-29-16-14-27)24-17-19-7-9-20(10-8-19)18-26-11-2-1-3-12-26/h4-10H,1-3,11-18H2,(H,24,28). The van der Waals surface area contributed by atoms with Crippen LogP contribution in [0.2, 0.25) is 0 Å². The number of nitrogens with one attached hydrogen (secondary N) is 1.